The SMILES string of the molecule is CC[C@H](CC[C@@H](C)[C@H]1CC[C@H]2[C@@H]3CC=C4C[C@@H](OC(=O)CCNCC(C)O)CC[C@]4(C)[C@H]3CC[C@]12C)C(C)C. The van der Waals surface area contributed by atoms with Crippen LogP contribution in [-0.2, 0) is 9.53 Å². The summed E-state index contributed by atoms with van der Waals surface area (Å²) in [6, 6.07) is 0. The molecular weight excluding hydrogens is 482 g/mol. The fraction of sp³-hybridized carbons (Fsp3) is 0.914. The molecule has 10 atom stereocenters. The van der Waals surface area contributed by atoms with Crippen molar-refractivity contribution in [1.82, 2.24) is 5.32 Å². The fourth-order valence-electron chi connectivity index (χ4n) is 10.1. The number of rotatable bonds is 12. The van der Waals surface area contributed by atoms with Crippen LogP contribution in [0.4, 0.5) is 0 Å². The van der Waals surface area contributed by atoms with Crippen molar-refractivity contribution in [1.29, 1.82) is 0 Å². The van der Waals surface area contributed by atoms with E-state index in [0.29, 0.717) is 30.3 Å². The van der Waals surface area contributed by atoms with Gasteiger partial charge in [-0.25, -0.2) is 0 Å². The lowest BCUT2D eigenvalue weighted by molar-refractivity contribution is -0.151. The van der Waals surface area contributed by atoms with Crippen LogP contribution in [0.5, 0.6) is 0 Å². The number of fused-ring (bicyclic) bond motifs is 5. The average Bonchev–Trinajstić information content (AvgIpc) is 3.24. The predicted octanol–water partition coefficient (Wildman–Crippen LogP) is 7.94. The predicted molar refractivity (Wildman–Crippen MR) is 161 cm³/mol. The third kappa shape index (κ3) is 6.63. The van der Waals surface area contributed by atoms with Crippen LogP contribution < -0.4 is 5.32 Å². The molecule has 0 aliphatic heterocycles. The van der Waals surface area contributed by atoms with Crippen molar-refractivity contribution in [2.24, 2.45) is 52.3 Å². The van der Waals surface area contributed by atoms with Crippen LogP contribution in [0.2, 0.25) is 0 Å². The zero-order chi connectivity index (χ0) is 28.4. The number of aliphatic hydroxyl groups is 1. The van der Waals surface area contributed by atoms with E-state index in [2.05, 4.69) is 52.9 Å². The number of esters is 1. The van der Waals surface area contributed by atoms with Gasteiger partial charge in [-0.1, -0.05) is 66.0 Å². The van der Waals surface area contributed by atoms with Gasteiger partial charge in [0.25, 0.3) is 0 Å². The van der Waals surface area contributed by atoms with Crippen LogP contribution in [-0.4, -0.2) is 36.4 Å². The van der Waals surface area contributed by atoms with E-state index in [4.69, 9.17) is 4.74 Å². The number of ether oxygens (including phenoxy) is 1. The minimum absolute atomic E-state index is 0.0356. The van der Waals surface area contributed by atoms with Crippen molar-refractivity contribution in [3.05, 3.63) is 11.6 Å². The van der Waals surface area contributed by atoms with Crippen LogP contribution in [0.3, 0.4) is 0 Å². The monoisotopic (exact) mass is 543 g/mol. The largest absolute Gasteiger partial charge is 0.462 e. The molecule has 39 heavy (non-hydrogen) atoms. The molecule has 0 bridgehead atoms. The lowest BCUT2D eigenvalue weighted by Gasteiger charge is -2.58. The Kier molecular flexibility index (Phi) is 10.3. The molecule has 0 aromatic carbocycles. The highest BCUT2D eigenvalue weighted by Crippen LogP contribution is 2.67. The van der Waals surface area contributed by atoms with Gasteiger partial charge in [-0.15, -0.1) is 0 Å². The van der Waals surface area contributed by atoms with Crippen LogP contribution in [0, 0.1) is 52.3 Å². The van der Waals surface area contributed by atoms with Crippen LogP contribution in [0.1, 0.15) is 126 Å². The Bertz CT molecular complexity index is 851. The highest BCUT2D eigenvalue weighted by molar-refractivity contribution is 5.69. The summed E-state index contributed by atoms with van der Waals surface area (Å²) < 4.78 is 5.93. The highest BCUT2D eigenvalue weighted by Gasteiger charge is 2.59. The molecule has 0 spiro atoms. The molecule has 0 saturated heterocycles. The molecule has 2 N–H and O–H groups in total. The fourth-order valence-corrected chi connectivity index (χ4v) is 10.1. The maximum Gasteiger partial charge on any atom is 0.307 e. The molecule has 1 unspecified atom stereocenters. The molecular formula is C35H61NO3. The topological polar surface area (TPSA) is 58.6 Å². The third-order valence-electron chi connectivity index (χ3n) is 12.5. The first-order chi connectivity index (χ1) is 18.5. The maximum atomic E-state index is 12.5. The summed E-state index contributed by atoms with van der Waals surface area (Å²) in [5, 5.41) is 12.5. The van der Waals surface area contributed by atoms with E-state index in [1.807, 2.05) is 0 Å². The Morgan fingerprint density at radius 1 is 1.08 bits per heavy atom. The van der Waals surface area contributed by atoms with E-state index in [0.717, 1.165) is 60.7 Å². The number of hydrogen-bond acceptors (Lipinski definition) is 4. The molecule has 0 amide bonds. The number of aliphatic hydroxyl groups excluding tert-OH is 1. The van der Waals surface area contributed by atoms with E-state index in [1.165, 1.54) is 51.4 Å². The molecule has 4 heteroatoms. The molecule has 3 saturated carbocycles. The summed E-state index contributed by atoms with van der Waals surface area (Å²) >= 11 is 0. The Labute approximate surface area is 240 Å². The first-order valence-electron chi connectivity index (χ1n) is 16.8. The molecule has 3 fully saturated rings. The molecule has 0 radical (unpaired) electrons. The summed E-state index contributed by atoms with van der Waals surface area (Å²) in [4.78, 5) is 12.5. The van der Waals surface area contributed by atoms with E-state index < -0.39 is 6.10 Å². The average molecular weight is 544 g/mol. The zero-order valence-corrected chi connectivity index (χ0v) is 26.4. The second-order valence-corrected chi connectivity index (χ2v) is 15.1. The first kappa shape index (κ1) is 31.1. The molecule has 4 aliphatic rings. The lowest BCUT2D eigenvalue weighted by Crippen LogP contribution is -2.51. The van der Waals surface area contributed by atoms with Gasteiger partial charge in [0, 0.05) is 19.5 Å². The van der Waals surface area contributed by atoms with Crippen molar-refractivity contribution >= 4 is 5.97 Å². The van der Waals surface area contributed by atoms with Gasteiger partial charge in [-0.2, -0.15) is 0 Å². The van der Waals surface area contributed by atoms with Crippen molar-refractivity contribution in [2.45, 2.75) is 138 Å². The van der Waals surface area contributed by atoms with Gasteiger partial charge in [0.2, 0.25) is 0 Å². The number of nitrogens with one attached hydrogen (secondary N) is 1. The smallest absolute Gasteiger partial charge is 0.307 e. The van der Waals surface area contributed by atoms with Gasteiger partial charge in [0.15, 0.2) is 0 Å². The third-order valence-corrected chi connectivity index (χ3v) is 12.5. The van der Waals surface area contributed by atoms with E-state index in [-0.39, 0.29) is 12.1 Å². The van der Waals surface area contributed by atoms with E-state index in [1.54, 1.807) is 12.5 Å². The van der Waals surface area contributed by atoms with Crippen molar-refractivity contribution in [3.8, 4) is 0 Å². The zero-order valence-electron chi connectivity index (χ0n) is 26.4. The Balaban J connectivity index is 1.35. The minimum atomic E-state index is -0.390. The number of carbonyl (C=O) groups is 1. The van der Waals surface area contributed by atoms with Gasteiger partial charge in [-0.05, 0) is 111 Å². The van der Waals surface area contributed by atoms with Crippen molar-refractivity contribution in [2.75, 3.05) is 13.1 Å². The van der Waals surface area contributed by atoms with Crippen molar-refractivity contribution in [3.63, 3.8) is 0 Å². The quantitative estimate of drug-likeness (QED) is 0.149. The molecule has 0 aromatic rings. The summed E-state index contributed by atoms with van der Waals surface area (Å²) in [5.41, 5.74) is 2.41. The minimum Gasteiger partial charge on any atom is -0.462 e. The van der Waals surface area contributed by atoms with Gasteiger partial charge in [-0.3, -0.25) is 4.79 Å². The van der Waals surface area contributed by atoms with Gasteiger partial charge in [0.05, 0.1) is 12.5 Å². The molecule has 0 heterocycles. The summed E-state index contributed by atoms with van der Waals surface area (Å²) in [7, 11) is 0. The summed E-state index contributed by atoms with van der Waals surface area (Å²) in [6.07, 6.45) is 16.8. The van der Waals surface area contributed by atoms with Crippen LogP contribution >= 0.6 is 0 Å². The Morgan fingerprint density at radius 3 is 2.54 bits per heavy atom. The molecule has 4 nitrogen and oxygen atoms in total. The van der Waals surface area contributed by atoms with Crippen molar-refractivity contribution < 1.29 is 14.6 Å². The van der Waals surface area contributed by atoms with Gasteiger partial charge < -0.3 is 15.2 Å². The summed E-state index contributed by atoms with van der Waals surface area (Å²) in [6.45, 7) is 17.9. The normalized spacial score (nSPS) is 38.3. The van der Waals surface area contributed by atoms with E-state index in [9.17, 15) is 9.90 Å². The standard InChI is InChI=1S/C35H61NO3/c1-8-26(23(2)3)10-9-24(4)30-13-14-31-29-12-11-27-21-28(39-33(38)17-20-36-22-25(5)37)15-18-34(27,6)32(29)16-19-35(30,31)7/h11,23-26,28-32,36-37H,8-10,12-22H2,1-7H3/t24-,25?,26-,28+,29+,30-,31+,32+,34+,35-/m1/s1. The van der Waals surface area contributed by atoms with E-state index >= 15 is 0 Å². The number of hydrogen-bond donors (Lipinski definition) is 2. The highest BCUT2D eigenvalue weighted by atomic mass is 16.5. The van der Waals surface area contributed by atoms with Crippen LogP contribution in [0.25, 0.3) is 0 Å². The lowest BCUT2D eigenvalue weighted by atomic mass is 9.47. The molecule has 4 rings (SSSR count). The number of allylic oxidation sites excluding steroid dienone is 1. The van der Waals surface area contributed by atoms with Gasteiger partial charge in [0.1, 0.15) is 6.10 Å². The molecule has 224 valence electrons. The first-order valence-corrected chi connectivity index (χ1v) is 16.8. The van der Waals surface area contributed by atoms with Crippen LogP contribution in [0.15, 0.2) is 11.6 Å². The van der Waals surface area contributed by atoms with Gasteiger partial charge >= 0.3 is 5.97 Å². The maximum absolute atomic E-state index is 12.5. The second kappa shape index (κ2) is 13.0. The Morgan fingerprint density at radius 2 is 1.85 bits per heavy atom. The summed E-state index contributed by atoms with van der Waals surface area (Å²) in [5.74, 6) is 5.87. The molecule has 0 aromatic heterocycles. The second-order valence-electron chi connectivity index (χ2n) is 15.1. The Hall–Kier alpha value is -0.870. The number of carbonyl (C=O) groups excluding carboxylic acids is 1. The molecule has 4 aliphatic carbocycles.